The number of rotatable bonds is 4. The summed E-state index contributed by atoms with van der Waals surface area (Å²) < 4.78 is 18.3. The van der Waals surface area contributed by atoms with Gasteiger partial charge in [-0.2, -0.15) is 0 Å². The number of carboxylic acid groups (broad SMARTS) is 1. The summed E-state index contributed by atoms with van der Waals surface area (Å²) in [7, 11) is 0. The number of hydrogen-bond acceptors (Lipinski definition) is 3. The zero-order valence-electron chi connectivity index (χ0n) is 10.3. The molecule has 0 spiro atoms. The zero-order chi connectivity index (χ0) is 14.7. The molecule has 0 aromatic heterocycles. The van der Waals surface area contributed by atoms with Crippen LogP contribution in [0.25, 0.3) is 0 Å². The van der Waals surface area contributed by atoms with E-state index in [4.69, 9.17) is 27.2 Å². The highest BCUT2D eigenvalue weighted by molar-refractivity contribution is 6.31. The first-order valence-corrected chi connectivity index (χ1v) is 6.04. The maximum absolute atomic E-state index is 12.9. The van der Waals surface area contributed by atoms with Crippen LogP contribution in [0.4, 0.5) is 10.1 Å². The molecule has 0 fully saturated rings. The van der Waals surface area contributed by atoms with Crippen molar-refractivity contribution in [2.75, 3.05) is 5.73 Å². The van der Waals surface area contributed by atoms with Crippen molar-refractivity contribution in [1.82, 2.24) is 0 Å². The van der Waals surface area contributed by atoms with Crippen molar-refractivity contribution in [3.63, 3.8) is 0 Å². The van der Waals surface area contributed by atoms with Crippen molar-refractivity contribution < 1.29 is 19.0 Å². The van der Waals surface area contributed by atoms with Crippen molar-refractivity contribution in [1.29, 1.82) is 0 Å². The number of nitrogens with two attached hydrogens (primary N) is 1. The molecule has 0 saturated heterocycles. The summed E-state index contributed by atoms with van der Waals surface area (Å²) in [6.45, 7) is 0.107. The van der Waals surface area contributed by atoms with E-state index in [0.717, 1.165) is 0 Å². The van der Waals surface area contributed by atoms with Crippen LogP contribution in [0.1, 0.15) is 15.9 Å². The Morgan fingerprint density at radius 1 is 1.30 bits per heavy atom. The molecule has 6 heteroatoms. The normalized spacial score (nSPS) is 10.3. The second-order valence-corrected chi connectivity index (χ2v) is 4.49. The van der Waals surface area contributed by atoms with Crippen molar-refractivity contribution in [3.8, 4) is 5.75 Å². The predicted molar refractivity (Wildman–Crippen MR) is 73.6 cm³/mol. The van der Waals surface area contributed by atoms with Crippen molar-refractivity contribution >= 4 is 23.3 Å². The summed E-state index contributed by atoms with van der Waals surface area (Å²) in [6, 6.07) is 8.15. The van der Waals surface area contributed by atoms with Gasteiger partial charge in [0.25, 0.3) is 0 Å². The standard InChI is InChI=1S/C14H11ClFNO3/c15-11-6-10(16)3-1-9(11)7-20-13-4-2-8(14(18)19)5-12(13)17/h1-6H,7,17H2,(H,18,19). The highest BCUT2D eigenvalue weighted by Gasteiger charge is 2.08. The molecule has 0 amide bonds. The number of carboxylic acids is 1. The third-order valence-electron chi connectivity index (χ3n) is 2.66. The molecule has 0 aliphatic heterocycles. The number of ether oxygens (including phenoxy) is 1. The number of halogens is 2. The molecule has 2 aromatic rings. The van der Waals surface area contributed by atoms with E-state index in [-0.39, 0.29) is 22.9 Å². The first-order valence-electron chi connectivity index (χ1n) is 5.67. The largest absolute Gasteiger partial charge is 0.487 e. The molecule has 4 nitrogen and oxygen atoms in total. The summed E-state index contributed by atoms with van der Waals surface area (Å²) in [6.07, 6.45) is 0. The van der Waals surface area contributed by atoms with E-state index in [9.17, 15) is 9.18 Å². The van der Waals surface area contributed by atoms with Crippen LogP contribution < -0.4 is 10.5 Å². The van der Waals surface area contributed by atoms with Gasteiger partial charge in [0, 0.05) is 5.56 Å². The third kappa shape index (κ3) is 3.19. The molecule has 0 atom stereocenters. The first kappa shape index (κ1) is 14.1. The zero-order valence-corrected chi connectivity index (χ0v) is 11.0. The van der Waals surface area contributed by atoms with Crippen LogP contribution in [-0.4, -0.2) is 11.1 Å². The van der Waals surface area contributed by atoms with Crippen LogP contribution >= 0.6 is 11.6 Å². The Morgan fingerprint density at radius 2 is 2.05 bits per heavy atom. The molecule has 0 aliphatic rings. The quantitative estimate of drug-likeness (QED) is 0.849. The fourth-order valence-corrected chi connectivity index (χ4v) is 1.83. The van der Waals surface area contributed by atoms with Gasteiger partial charge in [-0.15, -0.1) is 0 Å². The number of carbonyl (C=O) groups is 1. The highest BCUT2D eigenvalue weighted by atomic mass is 35.5. The SMILES string of the molecule is Nc1cc(C(=O)O)ccc1OCc1ccc(F)cc1Cl. The number of aromatic carboxylic acids is 1. The minimum Gasteiger partial charge on any atom is -0.487 e. The van der Waals surface area contributed by atoms with Crippen molar-refractivity contribution in [2.45, 2.75) is 6.61 Å². The Kier molecular flexibility index (Phi) is 4.10. The average molecular weight is 296 g/mol. The minimum atomic E-state index is -1.06. The maximum Gasteiger partial charge on any atom is 0.335 e. The lowest BCUT2D eigenvalue weighted by atomic mass is 10.2. The Morgan fingerprint density at radius 3 is 2.65 bits per heavy atom. The number of nitrogen functional groups attached to an aromatic ring is 1. The lowest BCUT2D eigenvalue weighted by Gasteiger charge is -2.10. The maximum atomic E-state index is 12.9. The molecule has 104 valence electrons. The number of hydrogen-bond donors (Lipinski definition) is 2. The van der Waals surface area contributed by atoms with Gasteiger partial charge < -0.3 is 15.6 Å². The molecule has 0 heterocycles. The summed E-state index contributed by atoms with van der Waals surface area (Å²) >= 11 is 5.87. The van der Waals surface area contributed by atoms with Gasteiger partial charge in [0.2, 0.25) is 0 Å². The lowest BCUT2D eigenvalue weighted by Crippen LogP contribution is -2.02. The van der Waals surface area contributed by atoms with Gasteiger partial charge in [0.05, 0.1) is 16.3 Å². The van der Waals surface area contributed by atoms with Gasteiger partial charge in [-0.25, -0.2) is 9.18 Å². The Balaban J connectivity index is 2.13. The minimum absolute atomic E-state index is 0.0784. The molecule has 2 rings (SSSR count). The van der Waals surface area contributed by atoms with E-state index in [2.05, 4.69) is 0 Å². The summed E-state index contributed by atoms with van der Waals surface area (Å²) in [4.78, 5) is 10.8. The van der Waals surface area contributed by atoms with Crippen LogP contribution in [0.5, 0.6) is 5.75 Å². The van der Waals surface area contributed by atoms with Crippen LogP contribution in [-0.2, 0) is 6.61 Å². The van der Waals surface area contributed by atoms with Crippen LogP contribution in [0.2, 0.25) is 5.02 Å². The van der Waals surface area contributed by atoms with E-state index in [1.165, 1.54) is 36.4 Å². The van der Waals surface area contributed by atoms with Gasteiger partial charge in [0.15, 0.2) is 0 Å². The lowest BCUT2D eigenvalue weighted by molar-refractivity contribution is 0.0697. The van der Waals surface area contributed by atoms with Crippen LogP contribution in [0.3, 0.4) is 0 Å². The molecular formula is C14H11ClFNO3. The third-order valence-corrected chi connectivity index (χ3v) is 3.01. The van der Waals surface area contributed by atoms with E-state index >= 15 is 0 Å². The number of anilines is 1. The summed E-state index contributed by atoms with van der Waals surface area (Å²) in [5.74, 6) is -1.15. The number of benzene rings is 2. The molecule has 2 aromatic carbocycles. The molecular weight excluding hydrogens is 285 g/mol. The van der Waals surface area contributed by atoms with Crippen molar-refractivity contribution in [2.24, 2.45) is 0 Å². The highest BCUT2D eigenvalue weighted by Crippen LogP contribution is 2.25. The van der Waals surface area contributed by atoms with E-state index < -0.39 is 11.8 Å². The molecule has 0 saturated carbocycles. The van der Waals surface area contributed by atoms with Gasteiger partial charge in [-0.1, -0.05) is 17.7 Å². The molecule has 0 bridgehead atoms. The summed E-state index contributed by atoms with van der Waals surface area (Å²) in [5, 5.41) is 9.08. The van der Waals surface area contributed by atoms with Crippen LogP contribution in [0.15, 0.2) is 36.4 Å². The predicted octanol–water partition coefficient (Wildman–Crippen LogP) is 3.34. The first-order chi connectivity index (χ1) is 9.47. The second-order valence-electron chi connectivity index (χ2n) is 4.08. The van der Waals surface area contributed by atoms with Gasteiger partial charge in [-0.3, -0.25) is 0 Å². The molecule has 20 heavy (non-hydrogen) atoms. The smallest absolute Gasteiger partial charge is 0.335 e. The fraction of sp³-hybridized carbons (Fsp3) is 0.0714. The molecule has 0 unspecified atom stereocenters. The van der Waals surface area contributed by atoms with E-state index in [1.54, 1.807) is 0 Å². The van der Waals surface area contributed by atoms with Crippen LogP contribution in [0, 0.1) is 5.82 Å². The van der Waals surface area contributed by atoms with Crippen molar-refractivity contribution in [3.05, 3.63) is 58.4 Å². The Hall–Kier alpha value is -2.27. The van der Waals surface area contributed by atoms with E-state index in [0.29, 0.717) is 11.3 Å². The fourth-order valence-electron chi connectivity index (χ4n) is 1.61. The monoisotopic (exact) mass is 295 g/mol. The van der Waals surface area contributed by atoms with E-state index in [1.807, 2.05) is 0 Å². The van der Waals surface area contributed by atoms with Gasteiger partial charge in [0.1, 0.15) is 18.2 Å². The molecule has 0 radical (unpaired) electrons. The Labute approximate surface area is 119 Å². The Bertz CT molecular complexity index is 661. The summed E-state index contributed by atoms with van der Waals surface area (Å²) in [5.41, 5.74) is 6.60. The van der Waals surface area contributed by atoms with Gasteiger partial charge in [-0.05, 0) is 30.3 Å². The average Bonchev–Trinajstić information content (AvgIpc) is 2.38. The molecule has 0 aliphatic carbocycles. The second kappa shape index (κ2) is 5.79. The topological polar surface area (TPSA) is 72.6 Å². The molecule has 3 N–H and O–H groups in total. The van der Waals surface area contributed by atoms with Gasteiger partial charge >= 0.3 is 5.97 Å².